The molecule has 0 aromatic carbocycles. The molecule has 6 heteroatoms. The van der Waals surface area contributed by atoms with Gasteiger partial charge in [-0.3, -0.25) is 9.59 Å². The lowest BCUT2D eigenvalue weighted by atomic mass is 9.88. The van der Waals surface area contributed by atoms with E-state index < -0.39 is 11.9 Å². The van der Waals surface area contributed by atoms with E-state index in [0.717, 1.165) is 25.7 Å². The molecular weight excluding hydrogens is 284 g/mol. The van der Waals surface area contributed by atoms with Crippen LogP contribution in [0.1, 0.15) is 51.9 Å². The van der Waals surface area contributed by atoms with Crippen LogP contribution in [0.2, 0.25) is 0 Å². The summed E-state index contributed by atoms with van der Waals surface area (Å²) < 4.78 is 4.73. The summed E-state index contributed by atoms with van der Waals surface area (Å²) >= 11 is 0. The van der Waals surface area contributed by atoms with Crippen molar-refractivity contribution < 1.29 is 19.1 Å². The highest BCUT2D eigenvalue weighted by Crippen LogP contribution is 2.24. The SMILES string of the molecule is CCOC(=O)C(=O)N1CCC(NC(=O)C2CCCCC2)CC1. The number of rotatable bonds is 3. The van der Waals surface area contributed by atoms with Crippen molar-refractivity contribution in [3.05, 3.63) is 0 Å². The lowest BCUT2D eigenvalue weighted by Crippen LogP contribution is -2.49. The summed E-state index contributed by atoms with van der Waals surface area (Å²) in [5.74, 6) is -1.03. The number of hydrogen-bond acceptors (Lipinski definition) is 4. The molecule has 2 amide bonds. The number of carbonyl (C=O) groups is 3. The molecule has 124 valence electrons. The summed E-state index contributed by atoms with van der Waals surface area (Å²) in [6, 6.07) is 0.112. The molecule has 1 saturated carbocycles. The molecule has 0 bridgehead atoms. The number of nitrogens with zero attached hydrogens (tertiary/aromatic N) is 1. The lowest BCUT2D eigenvalue weighted by Gasteiger charge is -2.33. The Balaban J connectivity index is 1.73. The smallest absolute Gasteiger partial charge is 0.397 e. The van der Waals surface area contributed by atoms with Crippen molar-refractivity contribution in [2.45, 2.75) is 57.9 Å². The summed E-state index contributed by atoms with van der Waals surface area (Å²) in [6.07, 6.45) is 6.90. The number of esters is 1. The third kappa shape index (κ3) is 4.45. The Labute approximate surface area is 131 Å². The molecule has 1 saturated heterocycles. The summed E-state index contributed by atoms with van der Waals surface area (Å²) in [7, 11) is 0. The molecule has 0 radical (unpaired) electrons. The number of amides is 2. The normalized spacial score (nSPS) is 20.5. The average Bonchev–Trinajstić information content (AvgIpc) is 2.56. The molecule has 1 heterocycles. The van der Waals surface area contributed by atoms with E-state index in [1.165, 1.54) is 11.3 Å². The molecule has 1 N–H and O–H groups in total. The zero-order valence-electron chi connectivity index (χ0n) is 13.3. The van der Waals surface area contributed by atoms with Crippen molar-refractivity contribution >= 4 is 17.8 Å². The van der Waals surface area contributed by atoms with E-state index in [1.807, 2.05) is 0 Å². The Bertz CT molecular complexity index is 410. The molecule has 2 fully saturated rings. The standard InChI is InChI=1S/C16H26N2O4/c1-2-22-16(21)15(20)18-10-8-13(9-11-18)17-14(19)12-6-4-3-5-7-12/h12-13H,2-11H2,1H3,(H,17,19). The molecule has 0 spiro atoms. The minimum atomic E-state index is -0.785. The van der Waals surface area contributed by atoms with Gasteiger partial charge in [0.15, 0.2) is 0 Å². The maximum Gasteiger partial charge on any atom is 0.397 e. The van der Waals surface area contributed by atoms with Crippen LogP contribution < -0.4 is 5.32 Å². The van der Waals surface area contributed by atoms with Crippen LogP contribution in [0.3, 0.4) is 0 Å². The van der Waals surface area contributed by atoms with Crippen LogP contribution in [0.15, 0.2) is 0 Å². The second kappa shape index (κ2) is 8.15. The number of ether oxygens (including phenoxy) is 1. The lowest BCUT2D eigenvalue weighted by molar-refractivity contribution is -0.160. The first-order valence-electron chi connectivity index (χ1n) is 8.38. The number of carbonyl (C=O) groups excluding carboxylic acids is 3. The minimum absolute atomic E-state index is 0.112. The van der Waals surface area contributed by atoms with Crippen LogP contribution in [0.25, 0.3) is 0 Å². The van der Waals surface area contributed by atoms with Gasteiger partial charge in [0, 0.05) is 25.0 Å². The van der Waals surface area contributed by atoms with E-state index in [9.17, 15) is 14.4 Å². The highest BCUT2D eigenvalue weighted by molar-refractivity contribution is 6.32. The van der Waals surface area contributed by atoms with Crippen molar-refractivity contribution in [2.24, 2.45) is 5.92 Å². The van der Waals surface area contributed by atoms with Crippen molar-refractivity contribution in [2.75, 3.05) is 19.7 Å². The molecule has 0 aromatic rings. The van der Waals surface area contributed by atoms with Crippen molar-refractivity contribution in [3.8, 4) is 0 Å². The highest BCUT2D eigenvalue weighted by Gasteiger charge is 2.30. The third-order valence-corrected chi connectivity index (χ3v) is 4.55. The Morgan fingerprint density at radius 3 is 2.27 bits per heavy atom. The predicted molar refractivity (Wildman–Crippen MR) is 81.0 cm³/mol. The molecule has 6 nitrogen and oxygen atoms in total. The summed E-state index contributed by atoms with van der Waals surface area (Å²) in [5, 5.41) is 3.11. The van der Waals surface area contributed by atoms with Gasteiger partial charge in [-0.05, 0) is 32.6 Å². The molecule has 0 atom stereocenters. The number of nitrogens with one attached hydrogen (secondary N) is 1. The third-order valence-electron chi connectivity index (χ3n) is 4.55. The van der Waals surface area contributed by atoms with E-state index >= 15 is 0 Å². The van der Waals surface area contributed by atoms with E-state index in [-0.39, 0.29) is 24.5 Å². The minimum Gasteiger partial charge on any atom is -0.459 e. The molecule has 1 aliphatic carbocycles. The molecule has 0 aromatic heterocycles. The largest absolute Gasteiger partial charge is 0.459 e. The van der Waals surface area contributed by atoms with Gasteiger partial charge in [0.25, 0.3) is 0 Å². The Kier molecular flexibility index (Phi) is 6.21. The van der Waals surface area contributed by atoms with Gasteiger partial charge in [-0.2, -0.15) is 0 Å². The van der Waals surface area contributed by atoms with Crippen LogP contribution in [0.4, 0.5) is 0 Å². The first kappa shape index (κ1) is 16.8. The van der Waals surface area contributed by atoms with E-state index in [2.05, 4.69) is 5.32 Å². The van der Waals surface area contributed by atoms with Gasteiger partial charge < -0.3 is 15.0 Å². The Morgan fingerprint density at radius 2 is 1.68 bits per heavy atom. The van der Waals surface area contributed by atoms with Gasteiger partial charge in [-0.1, -0.05) is 19.3 Å². The van der Waals surface area contributed by atoms with Gasteiger partial charge in [0.05, 0.1) is 6.61 Å². The van der Waals surface area contributed by atoms with E-state index in [0.29, 0.717) is 25.9 Å². The number of hydrogen-bond donors (Lipinski definition) is 1. The first-order chi connectivity index (χ1) is 10.6. The first-order valence-corrected chi connectivity index (χ1v) is 8.38. The molecule has 2 aliphatic rings. The maximum atomic E-state index is 12.2. The van der Waals surface area contributed by atoms with Crippen LogP contribution in [0.5, 0.6) is 0 Å². The quantitative estimate of drug-likeness (QED) is 0.628. The van der Waals surface area contributed by atoms with Crippen molar-refractivity contribution in [1.82, 2.24) is 10.2 Å². The summed E-state index contributed by atoms with van der Waals surface area (Å²) in [6.45, 7) is 2.87. The van der Waals surface area contributed by atoms with Gasteiger partial charge in [0.2, 0.25) is 5.91 Å². The van der Waals surface area contributed by atoms with Crippen LogP contribution in [0, 0.1) is 5.92 Å². The zero-order valence-corrected chi connectivity index (χ0v) is 13.3. The van der Waals surface area contributed by atoms with E-state index in [1.54, 1.807) is 6.92 Å². The van der Waals surface area contributed by atoms with Gasteiger partial charge in [0.1, 0.15) is 0 Å². The molecule has 0 unspecified atom stereocenters. The van der Waals surface area contributed by atoms with Crippen LogP contribution >= 0.6 is 0 Å². The van der Waals surface area contributed by atoms with Gasteiger partial charge in [-0.15, -0.1) is 0 Å². The van der Waals surface area contributed by atoms with Gasteiger partial charge >= 0.3 is 11.9 Å². The fourth-order valence-corrected chi connectivity index (χ4v) is 3.23. The Hall–Kier alpha value is -1.59. The van der Waals surface area contributed by atoms with E-state index in [4.69, 9.17) is 4.74 Å². The fraction of sp³-hybridized carbons (Fsp3) is 0.812. The number of piperidine rings is 1. The fourth-order valence-electron chi connectivity index (χ4n) is 3.23. The number of likely N-dealkylation sites (tertiary alicyclic amines) is 1. The predicted octanol–water partition coefficient (Wildman–Crippen LogP) is 1.24. The van der Waals surface area contributed by atoms with Gasteiger partial charge in [-0.25, -0.2) is 4.79 Å². The average molecular weight is 310 g/mol. The van der Waals surface area contributed by atoms with Crippen LogP contribution in [-0.2, 0) is 19.1 Å². The van der Waals surface area contributed by atoms with Crippen molar-refractivity contribution in [3.63, 3.8) is 0 Å². The zero-order chi connectivity index (χ0) is 15.9. The highest BCUT2D eigenvalue weighted by atomic mass is 16.5. The summed E-state index contributed by atoms with van der Waals surface area (Å²) in [4.78, 5) is 37.0. The molecular formula is C16H26N2O4. The monoisotopic (exact) mass is 310 g/mol. The van der Waals surface area contributed by atoms with Crippen LogP contribution in [-0.4, -0.2) is 48.4 Å². The summed E-state index contributed by atoms with van der Waals surface area (Å²) in [5.41, 5.74) is 0. The molecule has 22 heavy (non-hydrogen) atoms. The van der Waals surface area contributed by atoms with Crippen molar-refractivity contribution in [1.29, 1.82) is 0 Å². The second-order valence-electron chi connectivity index (χ2n) is 6.13. The molecule has 2 rings (SSSR count). The Morgan fingerprint density at radius 1 is 1.05 bits per heavy atom. The maximum absolute atomic E-state index is 12.2. The topological polar surface area (TPSA) is 75.7 Å². The second-order valence-corrected chi connectivity index (χ2v) is 6.13. The molecule has 1 aliphatic heterocycles.